The van der Waals surface area contributed by atoms with Crippen molar-refractivity contribution in [2.75, 3.05) is 0 Å². The molecule has 0 heterocycles. The van der Waals surface area contributed by atoms with E-state index in [1.165, 1.54) is 32.1 Å². The second-order valence-corrected chi connectivity index (χ2v) is 4.31. The molecule has 0 N–H and O–H groups in total. The Balaban J connectivity index is 3.47. The van der Waals surface area contributed by atoms with Crippen molar-refractivity contribution >= 4 is 5.97 Å². The zero-order valence-corrected chi connectivity index (χ0v) is 10.7. The van der Waals surface area contributed by atoms with Gasteiger partial charge in [-0.1, -0.05) is 51.9 Å². The minimum absolute atomic E-state index is 0.124. The molecule has 0 bridgehead atoms. The van der Waals surface area contributed by atoms with Gasteiger partial charge in [0.2, 0.25) is 0 Å². The number of hydrogen-bond acceptors (Lipinski definition) is 3. The molecule has 0 fully saturated rings. The van der Waals surface area contributed by atoms with Crippen molar-refractivity contribution in [3.05, 3.63) is 11.6 Å². The number of hydrogen-bond donors (Lipinski definition) is 0. The summed E-state index contributed by atoms with van der Waals surface area (Å²) < 4.78 is 0. The van der Waals surface area contributed by atoms with Crippen LogP contribution < -0.4 is 5.11 Å². The fourth-order valence-electron chi connectivity index (χ4n) is 1.76. The molecule has 96 valence electrons. The van der Waals surface area contributed by atoms with Gasteiger partial charge >= 0.3 is 0 Å². The van der Waals surface area contributed by atoms with Crippen molar-refractivity contribution in [1.29, 1.82) is 5.26 Å². The Morgan fingerprint density at radius 3 is 2.12 bits per heavy atom. The summed E-state index contributed by atoms with van der Waals surface area (Å²) in [6.45, 7) is 2.20. The summed E-state index contributed by atoms with van der Waals surface area (Å²) in [5.41, 5.74) is 0.124. The zero-order chi connectivity index (χ0) is 12.9. The SMILES string of the molecule is CCCCCCCCCC/C(=C/C#N)C(=O)[O-]. The van der Waals surface area contributed by atoms with Gasteiger partial charge in [-0.25, -0.2) is 0 Å². The Hall–Kier alpha value is -1.30. The molecule has 0 aromatic heterocycles. The number of rotatable bonds is 10. The number of aliphatic carboxylic acids is 1. The van der Waals surface area contributed by atoms with Gasteiger partial charge in [-0.2, -0.15) is 5.26 Å². The van der Waals surface area contributed by atoms with Gasteiger partial charge in [-0.05, 0) is 18.4 Å². The van der Waals surface area contributed by atoms with E-state index in [0.29, 0.717) is 6.42 Å². The van der Waals surface area contributed by atoms with E-state index in [4.69, 9.17) is 5.26 Å². The predicted octanol–water partition coefficient (Wildman–Crippen LogP) is 2.72. The molecular weight excluding hydrogens is 214 g/mol. The molecular formula is C14H22NO2-. The summed E-state index contributed by atoms with van der Waals surface area (Å²) in [6, 6.07) is 1.74. The average Bonchev–Trinajstić information content (AvgIpc) is 2.31. The van der Waals surface area contributed by atoms with E-state index < -0.39 is 5.97 Å². The van der Waals surface area contributed by atoms with Gasteiger partial charge in [0.15, 0.2) is 0 Å². The maximum absolute atomic E-state index is 10.6. The molecule has 0 spiro atoms. The van der Waals surface area contributed by atoms with Crippen LogP contribution in [0.4, 0.5) is 0 Å². The van der Waals surface area contributed by atoms with Gasteiger partial charge in [-0.3, -0.25) is 0 Å². The van der Waals surface area contributed by atoms with E-state index in [1.807, 2.05) is 0 Å². The summed E-state index contributed by atoms with van der Waals surface area (Å²) in [4.78, 5) is 10.6. The summed E-state index contributed by atoms with van der Waals surface area (Å²) in [5.74, 6) is -1.21. The maximum atomic E-state index is 10.6. The molecule has 0 aromatic carbocycles. The first-order chi connectivity index (χ1) is 8.22. The molecule has 17 heavy (non-hydrogen) atoms. The normalized spacial score (nSPS) is 11.2. The third-order valence-electron chi connectivity index (χ3n) is 2.80. The summed E-state index contributed by atoms with van der Waals surface area (Å²) >= 11 is 0. The largest absolute Gasteiger partial charge is 0.545 e. The smallest absolute Gasteiger partial charge is 0.0915 e. The molecule has 0 aromatic rings. The van der Waals surface area contributed by atoms with Crippen molar-refractivity contribution in [3.63, 3.8) is 0 Å². The van der Waals surface area contributed by atoms with Crippen LogP contribution in [0.3, 0.4) is 0 Å². The maximum Gasteiger partial charge on any atom is 0.0915 e. The molecule has 3 heteroatoms. The van der Waals surface area contributed by atoms with Crippen LogP contribution in [0.25, 0.3) is 0 Å². The molecule has 0 radical (unpaired) electrons. The third kappa shape index (κ3) is 9.62. The van der Waals surface area contributed by atoms with Crippen LogP contribution in [0.15, 0.2) is 11.6 Å². The molecule has 0 unspecified atom stereocenters. The van der Waals surface area contributed by atoms with Crippen LogP contribution in [0.5, 0.6) is 0 Å². The van der Waals surface area contributed by atoms with Crippen molar-refractivity contribution in [1.82, 2.24) is 0 Å². The molecule has 0 amide bonds. The lowest BCUT2D eigenvalue weighted by Gasteiger charge is -2.06. The van der Waals surface area contributed by atoms with Crippen LogP contribution >= 0.6 is 0 Å². The van der Waals surface area contributed by atoms with Crippen molar-refractivity contribution in [3.8, 4) is 6.07 Å². The van der Waals surface area contributed by atoms with Crippen LogP contribution in [-0.2, 0) is 4.79 Å². The van der Waals surface area contributed by atoms with Crippen molar-refractivity contribution < 1.29 is 9.90 Å². The van der Waals surface area contributed by atoms with Gasteiger partial charge in [0.1, 0.15) is 0 Å². The zero-order valence-electron chi connectivity index (χ0n) is 10.7. The van der Waals surface area contributed by atoms with E-state index in [-0.39, 0.29) is 5.57 Å². The minimum atomic E-state index is -1.21. The molecule has 3 nitrogen and oxygen atoms in total. The van der Waals surface area contributed by atoms with Gasteiger partial charge in [-0.15, -0.1) is 0 Å². The number of carboxylic acid groups (broad SMARTS) is 1. The van der Waals surface area contributed by atoms with E-state index in [1.54, 1.807) is 6.07 Å². The van der Waals surface area contributed by atoms with Crippen molar-refractivity contribution in [2.45, 2.75) is 64.7 Å². The van der Waals surface area contributed by atoms with Crippen molar-refractivity contribution in [2.24, 2.45) is 0 Å². The lowest BCUT2D eigenvalue weighted by molar-refractivity contribution is -0.299. The first kappa shape index (κ1) is 15.7. The second kappa shape index (κ2) is 11.2. The Morgan fingerprint density at radius 1 is 1.12 bits per heavy atom. The number of unbranched alkanes of at least 4 members (excludes halogenated alkanes) is 7. The summed E-state index contributed by atoms with van der Waals surface area (Å²) in [5, 5.41) is 19.0. The van der Waals surface area contributed by atoms with Crippen LogP contribution in [0.2, 0.25) is 0 Å². The molecule has 0 rings (SSSR count). The highest BCUT2D eigenvalue weighted by atomic mass is 16.4. The number of carbonyl (C=O) groups is 1. The molecule has 0 aliphatic rings. The molecule has 0 aliphatic heterocycles. The molecule has 0 aliphatic carbocycles. The standard InChI is InChI=1S/C14H23NO2/c1-2-3-4-5-6-7-8-9-10-13(11-12-15)14(16)17/h11H,2-10H2,1H3,(H,16,17)/p-1/b13-11-. The molecule has 0 saturated carbocycles. The Labute approximate surface area is 104 Å². The number of nitriles is 1. The second-order valence-electron chi connectivity index (χ2n) is 4.31. The highest BCUT2D eigenvalue weighted by molar-refractivity contribution is 5.85. The monoisotopic (exact) mass is 236 g/mol. The van der Waals surface area contributed by atoms with E-state index in [9.17, 15) is 9.90 Å². The lowest BCUT2D eigenvalue weighted by atomic mass is 10.0. The van der Waals surface area contributed by atoms with Crippen LogP contribution in [-0.4, -0.2) is 5.97 Å². The number of allylic oxidation sites excluding steroid dienone is 1. The van der Waals surface area contributed by atoms with Gasteiger partial charge in [0.05, 0.1) is 12.0 Å². The quantitative estimate of drug-likeness (QED) is 0.333. The topological polar surface area (TPSA) is 63.9 Å². The van der Waals surface area contributed by atoms with E-state index in [0.717, 1.165) is 25.3 Å². The predicted molar refractivity (Wildman–Crippen MR) is 65.9 cm³/mol. The average molecular weight is 236 g/mol. The Morgan fingerprint density at radius 2 is 1.65 bits per heavy atom. The van der Waals surface area contributed by atoms with Crippen LogP contribution in [0.1, 0.15) is 64.7 Å². The Kier molecular flexibility index (Phi) is 10.3. The lowest BCUT2D eigenvalue weighted by Crippen LogP contribution is -2.24. The Bertz CT molecular complexity index is 276. The third-order valence-corrected chi connectivity index (χ3v) is 2.80. The highest BCUT2D eigenvalue weighted by Gasteiger charge is 1.98. The minimum Gasteiger partial charge on any atom is -0.545 e. The first-order valence-corrected chi connectivity index (χ1v) is 6.52. The fourth-order valence-corrected chi connectivity index (χ4v) is 1.76. The molecule has 0 saturated heterocycles. The molecule has 0 atom stereocenters. The van der Waals surface area contributed by atoms with Gasteiger partial charge in [0, 0.05) is 6.08 Å². The highest BCUT2D eigenvalue weighted by Crippen LogP contribution is 2.12. The first-order valence-electron chi connectivity index (χ1n) is 6.52. The van der Waals surface area contributed by atoms with E-state index in [2.05, 4.69) is 6.92 Å². The number of nitrogens with zero attached hydrogens (tertiary/aromatic N) is 1. The number of carbonyl (C=O) groups excluding carboxylic acids is 1. The van der Waals surface area contributed by atoms with Gasteiger partial charge in [0.25, 0.3) is 0 Å². The number of carboxylic acids is 1. The fraction of sp³-hybridized carbons (Fsp3) is 0.714. The van der Waals surface area contributed by atoms with E-state index >= 15 is 0 Å². The summed E-state index contributed by atoms with van der Waals surface area (Å²) in [7, 11) is 0. The van der Waals surface area contributed by atoms with Gasteiger partial charge < -0.3 is 9.90 Å². The van der Waals surface area contributed by atoms with Crippen LogP contribution in [0, 0.1) is 11.3 Å². The summed E-state index contributed by atoms with van der Waals surface area (Å²) in [6.07, 6.45) is 10.9.